The van der Waals surface area contributed by atoms with Crippen molar-refractivity contribution in [3.63, 3.8) is 0 Å². The Morgan fingerprint density at radius 2 is 0.803 bits per heavy atom. The molecule has 0 aliphatic heterocycles. The van der Waals surface area contributed by atoms with Crippen molar-refractivity contribution in [1.82, 2.24) is 0 Å². The van der Waals surface area contributed by atoms with Crippen LogP contribution in [0.4, 0.5) is 45.5 Å². The molecule has 0 radical (unpaired) electrons. The fraction of sp³-hybridized carbons (Fsp3) is 0.0870. The lowest BCUT2D eigenvalue weighted by Gasteiger charge is -2.24. The summed E-state index contributed by atoms with van der Waals surface area (Å²) in [5, 5.41) is 11.3. The molecular formula is C46H38N6O12S2. The van der Waals surface area contributed by atoms with Gasteiger partial charge in [0.2, 0.25) is 11.8 Å². The van der Waals surface area contributed by atoms with Gasteiger partial charge < -0.3 is 32.7 Å². The number of amides is 2. The SMILES string of the molecule is COS(=O)(=O)c1cc(Nc2ccc(NC(C)=O)cc2)c2c(c1N)C(=O)c1ccccc1C2=O.COS(=O)(=O)c1cc(Nc2cccc(NC(C)=O)c2)c2c(c1N)C(=O)c1ccccc1C2=O. The van der Waals surface area contributed by atoms with Gasteiger partial charge in [-0.05, 0) is 54.6 Å². The van der Waals surface area contributed by atoms with Gasteiger partial charge in [0.15, 0.2) is 23.1 Å². The van der Waals surface area contributed by atoms with Crippen molar-refractivity contribution >= 4 is 101 Å². The topological polar surface area (TPSA) is 289 Å². The molecule has 6 aromatic carbocycles. The van der Waals surface area contributed by atoms with Crippen LogP contribution in [0.25, 0.3) is 0 Å². The van der Waals surface area contributed by atoms with Crippen molar-refractivity contribution in [2.45, 2.75) is 23.6 Å². The van der Waals surface area contributed by atoms with E-state index >= 15 is 0 Å². The average molecular weight is 931 g/mol. The Balaban J connectivity index is 0.000000196. The number of hydrogen-bond donors (Lipinski definition) is 6. The molecule has 20 heteroatoms. The minimum atomic E-state index is -4.30. The molecule has 2 aliphatic rings. The third-order valence-corrected chi connectivity index (χ3v) is 13.0. The number of rotatable bonds is 10. The van der Waals surface area contributed by atoms with Gasteiger partial charge in [-0.1, -0.05) is 54.6 Å². The van der Waals surface area contributed by atoms with E-state index in [1.54, 1.807) is 72.8 Å². The molecule has 2 aliphatic carbocycles. The lowest BCUT2D eigenvalue weighted by atomic mass is 9.82. The van der Waals surface area contributed by atoms with Gasteiger partial charge in [0.1, 0.15) is 9.79 Å². The van der Waals surface area contributed by atoms with Crippen LogP contribution in [0.1, 0.15) is 77.5 Å². The predicted molar refractivity (Wildman–Crippen MR) is 245 cm³/mol. The van der Waals surface area contributed by atoms with Gasteiger partial charge in [-0.3, -0.25) is 37.1 Å². The first kappa shape index (κ1) is 46.0. The van der Waals surface area contributed by atoms with E-state index in [2.05, 4.69) is 29.6 Å². The summed E-state index contributed by atoms with van der Waals surface area (Å²) in [6.07, 6.45) is 0. The van der Waals surface area contributed by atoms with Crippen LogP contribution in [0.2, 0.25) is 0 Å². The van der Waals surface area contributed by atoms with E-state index in [9.17, 15) is 45.6 Å². The van der Waals surface area contributed by atoms with E-state index in [0.717, 1.165) is 20.3 Å². The summed E-state index contributed by atoms with van der Waals surface area (Å²) in [4.78, 5) is 75.0. The molecule has 0 bridgehead atoms. The Morgan fingerprint density at radius 3 is 1.20 bits per heavy atom. The number of benzene rings is 6. The van der Waals surface area contributed by atoms with Crippen LogP contribution in [-0.4, -0.2) is 66.0 Å². The molecule has 66 heavy (non-hydrogen) atoms. The second-order valence-electron chi connectivity index (χ2n) is 14.6. The van der Waals surface area contributed by atoms with Crippen LogP contribution >= 0.6 is 0 Å². The summed E-state index contributed by atoms with van der Waals surface area (Å²) in [6.45, 7) is 2.74. The van der Waals surface area contributed by atoms with Crippen LogP contribution in [0, 0.1) is 0 Å². The molecular weight excluding hydrogens is 893 g/mol. The van der Waals surface area contributed by atoms with Crippen molar-refractivity contribution in [3.8, 4) is 0 Å². The normalized spacial score (nSPS) is 12.7. The second kappa shape index (κ2) is 17.9. The van der Waals surface area contributed by atoms with E-state index < -0.39 is 53.2 Å². The van der Waals surface area contributed by atoms with Gasteiger partial charge in [-0.15, -0.1) is 0 Å². The van der Waals surface area contributed by atoms with Gasteiger partial charge in [-0.2, -0.15) is 16.8 Å². The van der Waals surface area contributed by atoms with Crippen molar-refractivity contribution in [1.29, 1.82) is 0 Å². The lowest BCUT2D eigenvalue weighted by Crippen LogP contribution is -2.25. The number of anilines is 8. The monoisotopic (exact) mass is 930 g/mol. The molecule has 0 saturated carbocycles. The van der Waals surface area contributed by atoms with Crippen molar-refractivity contribution < 1.29 is 54.0 Å². The maximum Gasteiger partial charge on any atom is 0.298 e. The first-order valence-electron chi connectivity index (χ1n) is 19.5. The molecule has 6 aromatic rings. The van der Waals surface area contributed by atoms with Crippen LogP contribution in [0.15, 0.2) is 119 Å². The number of nitrogens with two attached hydrogens (primary N) is 2. The number of ketones is 4. The molecule has 8 rings (SSSR count). The van der Waals surface area contributed by atoms with Gasteiger partial charge >= 0.3 is 0 Å². The largest absolute Gasteiger partial charge is 0.397 e. The number of hydrogen-bond acceptors (Lipinski definition) is 16. The third-order valence-electron chi connectivity index (χ3n) is 10.3. The Hall–Kier alpha value is -8.04. The number of carbonyl (C=O) groups is 6. The average Bonchev–Trinajstić information content (AvgIpc) is 3.28. The first-order valence-corrected chi connectivity index (χ1v) is 22.3. The molecule has 8 N–H and O–H groups in total. The molecule has 0 atom stereocenters. The number of fused-ring (bicyclic) bond motifs is 4. The summed E-state index contributed by atoms with van der Waals surface area (Å²) in [6, 6.07) is 27.9. The Labute approximate surface area is 377 Å². The Bertz CT molecular complexity index is 3320. The van der Waals surface area contributed by atoms with Crippen LogP contribution in [0.3, 0.4) is 0 Å². The molecule has 0 aromatic heterocycles. The standard InChI is InChI=1S/2C23H19N3O6S/c1-12(27)25-13-6-5-7-14(10-13)26-17-11-18(33(30,31)32-2)21(24)20-19(17)22(28)15-8-3-4-9-16(15)23(20)29;1-12(27)25-13-7-9-14(10-8-13)26-17-11-18(33(30,31)32-2)21(24)20-19(17)22(28)15-5-3-4-6-16(15)23(20)29/h2*3-11,26H,24H2,1-2H3,(H,25,27). The van der Waals surface area contributed by atoms with Gasteiger partial charge in [0, 0.05) is 58.9 Å². The highest BCUT2D eigenvalue weighted by Crippen LogP contribution is 2.42. The van der Waals surface area contributed by atoms with Gasteiger partial charge in [0.25, 0.3) is 20.2 Å². The van der Waals surface area contributed by atoms with E-state index in [1.807, 2.05) is 0 Å². The van der Waals surface area contributed by atoms with Crippen LogP contribution in [-0.2, 0) is 38.2 Å². The number of nitrogen functional groups attached to an aromatic ring is 2. The zero-order valence-electron chi connectivity index (χ0n) is 35.3. The quantitative estimate of drug-likeness (QED) is 0.0661. The lowest BCUT2D eigenvalue weighted by molar-refractivity contribution is -0.115. The van der Waals surface area contributed by atoms with Crippen LogP contribution in [0.5, 0.6) is 0 Å². The smallest absolute Gasteiger partial charge is 0.298 e. The van der Waals surface area contributed by atoms with Crippen molar-refractivity contribution in [2.75, 3.05) is 47.0 Å². The Kier molecular flexibility index (Phi) is 12.4. The molecule has 2 amide bonds. The zero-order chi connectivity index (χ0) is 47.8. The van der Waals surface area contributed by atoms with Crippen LogP contribution < -0.4 is 32.7 Å². The van der Waals surface area contributed by atoms with E-state index in [0.29, 0.717) is 22.7 Å². The fourth-order valence-corrected chi connectivity index (χ4v) is 9.03. The van der Waals surface area contributed by atoms with E-state index in [4.69, 9.17) is 11.5 Å². The highest BCUT2D eigenvalue weighted by molar-refractivity contribution is 7.87. The minimum absolute atomic E-state index is 0.0304. The summed E-state index contributed by atoms with van der Waals surface area (Å²) in [7, 11) is -6.65. The molecule has 0 heterocycles. The summed E-state index contributed by atoms with van der Waals surface area (Å²) >= 11 is 0. The molecule has 0 unspecified atom stereocenters. The molecule has 0 saturated heterocycles. The summed E-state index contributed by atoms with van der Waals surface area (Å²) < 4.78 is 59.4. The minimum Gasteiger partial charge on any atom is -0.397 e. The van der Waals surface area contributed by atoms with Gasteiger partial charge in [-0.25, -0.2) is 0 Å². The van der Waals surface area contributed by atoms with E-state index in [-0.39, 0.29) is 79.1 Å². The zero-order valence-corrected chi connectivity index (χ0v) is 36.9. The second-order valence-corrected chi connectivity index (χ2v) is 18.0. The number of nitrogens with one attached hydrogen (secondary N) is 4. The predicted octanol–water partition coefficient (Wildman–Crippen LogP) is 6.16. The summed E-state index contributed by atoms with van der Waals surface area (Å²) in [5.41, 5.74) is 13.7. The fourth-order valence-electron chi connectivity index (χ4n) is 7.41. The van der Waals surface area contributed by atoms with Crippen molar-refractivity contribution in [3.05, 3.63) is 154 Å². The molecule has 336 valence electrons. The van der Waals surface area contributed by atoms with Crippen molar-refractivity contribution in [2.24, 2.45) is 0 Å². The van der Waals surface area contributed by atoms with Gasteiger partial charge in [0.05, 0.1) is 59.2 Å². The Morgan fingerprint density at radius 1 is 0.455 bits per heavy atom. The molecule has 0 fully saturated rings. The van der Waals surface area contributed by atoms with E-state index in [1.165, 1.54) is 44.2 Å². The highest BCUT2D eigenvalue weighted by Gasteiger charge is 2.38. The summed E-state index contributed by atoms with van der Waals surface area (Å²) in [5.74, 6) is -2.58. The maximum atomic E-state index is 13.4. The first-order chi connectivity index (χ1) is 31.3. The molecule has 0 spiro atoms. The number of carbonyl (C=O) groups excluding carboxylic acids is 6. The third kappa shape index (κ3) is 8.63. The highest BCUT2D eigenvalue weighted by atomic mass is 32.2. The maximum absolute atomic E-state index is 13.4. The molecule has 18 nitrogen and oxygen atoms in total.